The summed E-state index contributed by atoms with van der Waals surface area (Å²) in [7, 11) is 3.09. The molecule has 2 aromatic rings. The van der Waals surface area contributed by atoms with E-state index in [0.717, 1.165) is 24.8 Å². The van der Waals surface area contributed by atoms with Gasteiger partial charge in [-0.1, -0.05) is 25.8 Å². The van der Waals surface area contributed by atoms with Gasteiger partial charge in [0, 0.05) is 12.1 Å². The zero-order valence-electron chi connectivity index (χ0n) is 16.8. The first-order chi connectivity index (χ1) is 13.6. The number of methoxy groups -OCH3 is 2. The molecule has 6 heteroatoms. The number of rotatable bonds is 11. The molecule has 0 saturated carbocycles. The van der Waals surface area contributed by atoms with Gasteiger partial charge >= 0.3 is 0 Å². The lowest BCUT2D eigenvalue weighted by Crippen LogP contribution is -2.25. The number of phenols is 1. The van der Waals surface area contributed by atoms with Gasteiger partial charge in [0.1, 0.15) is 0 Å². The summed E-state index contributed by atoms with van der Waals surface area (Å²) in [5.74, 6) is 1.54. The minimum absolute atomic E-state index is 0.0972. The molecular formula is C22H29NO5. The minimum atomic E-state index is -0.174. The van der Waals surface area contributed by atoms with Gasteiger partial charge in [-0.05, 0) is 48.7 Å². The summed E-state index contributed by atoms with van der Waals surface area (Å²) >= 11 is 0. The van der Waals surface area contributed by atoms with Crippen molar-refractivity contribution in [2.24, 2.45) is 0 Å². The Labute approximate surface area is 166 Å². The molecule has 0 bridgehead atoms. The zero-order chi connectivity index (χ0) is 20.4. The molecule has 28 heavy (non-hydrogen) atoms. The summed E-state index contributed by atoms with van der Waals surface area (Å²) in [6, 6.07) is 10.3. The largest absolute Gasteiger partial charge is 0.504 e. The fourth-order valence-electron chi connectivity index (χ4n) is 2.76. The second-order valence-corrected chi connectivity index (χ2v) is 6.43. The molecule has 0 aliphatic rings. The highest BCUT2D eigenvalue weighted by Gasteiger charge is 2.11. The van der Waals surface area contributed by atoms with E-state index in [0.29, 0.717) is 42.4 Å². The van der Waals surface area contributed by atoms with Crippen molar-refractivity contribution in [1.82, 2.24) is 5.32 Å². The molecule has 2 N–H and O–H groups in total. The average molecular weight is 387 g/mol. The maximum Gasteiger partial charge on any atom is 0.251 e. The first-order valence-corrected chi connectivity index (χ1v) is 9.54. The van der Waals surface area contributed by atoms with Gasteiger partial charge < -0.3 is 24.6 Å². The molecule has 0 saturated heterocycles. The Morgan fingerprint density at radius 3 is 2.50 bits per heavy atom. The molecule has 0 fully saturated rings. The smallest absolute Gasteiger partial charge is 0.251 e. The molecule has 0 radical (unpaired) electrons. The number of nitrogens with one attached hydrogen (secondary N) is 1. The predicted molar refractivity (Wildman–Crippen MR) is 109 cm³/mol. The summed E-state index contributed by atoms with van der Waals surface area (Å²) in [5, 5.41) is 12.5. The number of amides is 1. The third-order valence-electron chi connectivity index (χ3n) is 4.37. The number of aromatic hydroxyl groups is 1. The fraction of sp³-hybridized carbons (Fsp3) is 0.409. The molecule has 152 valence electrons. The molecule has 0 atom stereocenters. The molecule has 0 spiro atoms. The third kappa shape index (κ3) is 6.08. The average Bonchev–Trinajstić information content (AvgIpc) is 2.72. The number of carbonyl (C=O) groups is 1. The molecule has 0 unspecified atom stereocenters. The number of ether oxygens (including phenoxy) is 3. The number of hydrogen-bond acceptors (Lipinski definition) is 5. The van der Waals surface area contributed by atoms with Crippen molar-refractivity contribution < 1.29 is 24.1 Å². The second kappa shape index (κ2) is 11.1. The van der Waals surface area contributed by atoms with Crippen LogP contribution in [0.3, 0.4) is 0 Å². The molecule has 0 aliphatic carbocycles. The van der Waals surface area contributed by atoms with Crippen LogP contribution in [-0.4, -0.2) is 38.4 Å². The van der Waals surface area contributed by atoms with Crippen LogP contribution in [0.15, 0.2) is 36.4 Å². The first-order valence-electron chi connectivity index (χ1n) is 9.54. The molecule has 6 nitrogen and oxygen atoms in total. The van der Waals surface area contributed by atoms with Crippen LogP contribution < -0.4 is 19.5 Å². The van der Waals surface area contributed by atoms with Gasteiger partial charge in [-0.2, -0.15) is 0 Å². The zero-order valence-corrected chi connectivity index (χ0v) is 16.8. The van der Waals surface area contributed by atoms with E-state index in [9.17, 15) is 9.90 Å². The highest BCUT2D eigenvalue weighted by atomic mass is 16.5. The van der Waals surface area contributed by atoms with Crippen LogP contribution in [-0.2, 0) is 6.42 Å². The molecule has 0 aromatic heterocycles. The normalized spacial score (nSPS) is 10.4. The number of unbranched alkanes of at least 4 members (excludes halogenated alkanes) is 2. The third-order valence-corrected chi connectivity index (χ3v) is 4.37. The van der Waals surface area contributed by atoms with Crippen molar-refractivity contribution in [2.45, 2.75) is 32.6 Å². The van der Waals surface area contributed by atoms with Gasteiger partial charge in [0.15, 0.2) is 23.0 Å². The second-order valence-electron chi connectivity index (χ2n) is 6.43. The molecule has 0 heterocycles. The summed E-state index contributed by atoms with van der Waals surface area (Å²) in [5.41, 5.74) is 1.49. The SMILES string of the molecule is CCCCCOc1cc(C(=O)NCCc2ccc(O)c(OC)c2)ccc1OC. The van der Waals surface area contributed by atoms with Crippen molar-refractivity contribution >= 4 is 5.91 Å². The quantitative estimate of drug-likeness (QED) is 0.571. The lowest BCUT2D eigenvalue weighted by Gasteiger charge is -2.12. The van der Waals surface area contributed by atoms with Crippen LogP contribution in [0.5, 0.6) is 23.0 Å². The Bertz CT molecular complexity index is 776. The van der Waals surface area contributed by atoms with Crippen molar-refractivity contribution in [1.29, 1.82) is 0 Å². The van der Waals surface area contributed by atoms with Crippen molar-refractivity contribution in [3.05, 3.63) is 47.5 Å². The van der Waals surface area contributed by atoms with E-state index in [4.69, 9.17) is 14.2 Å². The monoisotopic (exact) mass is 387 g/mol. The van der Waals surface area contributed by atoms with E-state index in [2.05, 4.69) is 12.2 Å². The van der Waals surface area contributed by atoms with E-state index in [-0.39, 0.29) is 11.7 Å². The highest BCUT2D eigenvalue weighted by Crippen LogP contribution is 2.28. The first kappa shape index (κ1) is 21.4. The molecule has 0 aliphatic heterocycles. The standard InChI is InChI=1S/C22H29NO5/c1-4-5-6-13-28-21-15-17(8-10-19(21)26-2)22(25)23-12-11-16-7-9-18(24)20(14-16)27-3/h7-10,14-15,24H,4-6,11-13H2,1-3H3,(H,23,25). The summed E-state index contributed by atoms with van der Waals surface area (Å²) in [6.07, 6.45) is 3.81. The number of hydrogen-bond donors (Lipinski definition) is 2. The lowest BCUT2D eigenvalue weighted by molar-refractivity contribution is 0.0953. The van der Waals surface area contributed by atoms with Gasteiger partial charge in [0.2, 0.25) is 0 Å². The Kier molecular flexibility index (Phi) is 8.46. The van der Waals surface area contributed by atoms with E-state index in [1.165, 1.54) is 7.11 Å². The highest BCUT2D eigenvalue weighted by molar-refractivity contribution is 5.94. The Balaban J connectivity index is 1.94. The van der Waals surface area contributed by atoms with E-state index >= 15 is 0 Å². The molecule has 2 aromatic carbocycles. The Morgan fingerprint density at radius 2 is 1.79 bits per heavy atom. The number of benzene rings is 2. The van der Waals surface area contributed by atoms with Crippen molar-refractivity contribution in [3.8, 4) is 23.0 Å². The van der Waals surface area contributed by atoms with E-state index in [1.54, 1.807) is 43.5 Å². The summed E-state index contributed by atoms with van der Waals surface area (Å²) < 4.78 is 16.2. The maximum absolute atomic E-state index is 12.5. The van der Waals surface area contributed by atoms with E-state index < -0.39 is 0 Å². The number of phenolic OH excluding ortho intramolecular Hbond substituents is 1. The summed E-state index contributed by atoms with van der Waals surface area (Å²) in [6.45, 7) is 3.20. The van der Waals surface area contributed by atoms with Gasteiger partial charge in [-0.3, -0.25) is 4.79 Å². The van der Waals surface area contributed by atoms with Crippen LogP contribution >= 0.6 is 0 Å². The Morgan fingerprint density at radius 1 is 1.00 bits per heavy atom. The molecular weight excluding hydrogens is 358 g/mol. The predicted octanol–water partition coefficient (Wildman–Crippen LogP) is 3.95. The summed E-state index contributed by atoms with van der Waals surface area (Å²) in [4.78, 5) is 12.5. The van der Waals surface area contributed by atoms with Gasteiger partial charge in [-0.15, -0.1) is 0 Å². The van der Waals surface area contributed by atoms with Gasteiger partial charge in [0.25, 0.3) is 5.91 Å². The van der Waals surface area contributed by atoms with Crippen molar-refractivity contribution in [2.75, 3.05) is 27.4 Å². The van der Waals surface area contributed by atoms with Gasteiger partial charge in [0.05, 0.1) is 20.8 Å². The molecule has 2 rings (SSSR count). The van der Waals surface area contributed by atoms with Crippen LogP contribution in [0.25, 0.3) is 0 Å². The topological polar surface area (TPSA) is 77.0 Å². The van der Waals surface area contributed by atoms with Crippen LogP contribution in [0.2, 0.25) is 0 Å². The maximum atomic E-state index is 12.5. The van der Waals surface area contributed by atoms with Crippen LogP contribution in [0, 0.1) is 0 Å². The number of carbonyl (C=O) groups excluding carboxylic acids is 1. The fourth-order valence-corrected chi connectivity index (χ4v) is 2.76. The van der Waals surface area contributed by atoms with Gasteiger partial charge in [-0.25, -0.2) is 0 Å². The van der Waals surface area contributed by atoms with E-state index in [1.807, 2.05) is 0 Å². The molecule has 1 amide bonds. The Hall–Kier alpha value is -2.89. The lowest BCUT2D eigenvalue weighted by atomic mass is 10.1. The minimum Gasteiger partial charge on any atom is -0.504 e. The van der Waals surface area contributed by atoms with Crippen molar-refractivity contribution in [3.63, 3.8) is 0 Å². The van der Waals surface area contributed by atoms with Crippen LogP contribution in [0.4, 0.5) is 0 Å². The van der Waals surface area contributed by atoms with Crippen LogP contribution in [0.1, 0.15) is 42.1 Å².